The number of aliphatic imine (C=N–C) groups is 1. The van der Waals surface area contributed by atoms with Crippen molar-refractivity contribution in [2.45, 2.75) is 39.3 Å². The Morgan fingerprint density at radius 3 is 2.41 bits per heavy atom. The van der Waals surface area contributed by atoms with Crippen LogP contribution < -0.4 is 10.6 Å². The monoisotopic (exact) mass is 521 g/mol. The van der Waals surface area contributed by atoms with Crippen molar-refractivity contribution in [1.82, 2.24) is 30.2 Å². The van der Waals surface area contributed by atoms with Gasteiger partial charge >= 0.3 is 6.09 Å². The van der Waals surface area contributed by atoms with Crippen molar-refractivity contribution < 1.29 is 9.53 Å². The number of halogens is 1. The number of carbonyl (C=O) groups excluding carboxylic acids is 1. The predicted octanol–water partition coefficient (Wildman–Crippen LogP) is 1.61. The highest BCUT2D eigenvalue weighted by Crippen LogP contribution is 2.11. The minimum absolute atomic E-state index is 0. The molecule has 10 heteroatoms. The van der Waals surface area contributed by atoms with Gasteiger partial charge in [-0.05, 0) is 33.3 Å². The molecule has 0 atom stereocenters. The number of aryl methyl sites for hydroxylation is 1. The van der Waals surface area contributed by atoms with Gasteiger partial charge in [0, 0.05) is 71.8 Å². The maximum atomic E-state index is 12.1. The zero-order chi connectivity index (χ0) is 20.4. The molecule has 0 bridgehead atoms. The van der Waals surface area contributed by atoms with E-state index >= 15 is 0 Å². The van der Waals surface area contributed by atoms with Crippen LogP contribution in [0.25, 0.3) is 0 Å². The molecule has 166 valence electrons. The highest BCUT2D eigenvalue weighted by molar-refractivity contribution is 14.0. The molecule has 1 aliphatic heterocycles. The first kappa shape index (κ1) is 25.5. The van der Waals surface area contributed by atoms with Gasteiger partial charge in [-0.25, -0.2) is 4.79 Å². The lowest BCUT2D eigenvalue weighted by Crippen LogP contribution is -2.51. The zero-order valence-corrected chi connectivity index (χ0v) is 20.4. The van der Waals surface area contributed by atoms with Crippen LogP contribution in [-0.4, -0.2) is 90.1 Å². The standard InChI is InChI=1S/C19H35N7O2.HI/c1-19(2,3)28-18(27)25-15-13-24(14-16-25)12-9-22-17(20-4)21-7-5-10-26-11-6-8-23-26;/h6,8,11H,5,7,9-10,12-16H2,1-4H3,(H2,20,21,22);1H. The Balaban J connectivity index is 0.00000420. The van der Waals surface area contributed by atoms with Crippen LogP contribution in [0.1, 0.15) is 27.2 Å². The van der Waals surface area contributed by atoms with E-state index in [2.05, 4.69) is 25.6 Å². The first-order valence-electron chi connectivity index (χ1n) is 9.99. The lowest BCUT2D eigenvalue weighted by atomic mass is 10.2. The fourth-order valence-electron chi connectivity index (χ4n) is 2.91. The number of guanidine groups is 1. The Morgan fingerprint density at radius 2 is 1.83 bits per heavy atom. The maximum absolute atomic E-state index is 12.1. The summed E-state index contributed by atoms with van der Waals surface area (Å²) >= 11 is 0. The highest BCUT2D eigenvalue weighted by atomic mass is 127. The van der Waals surface area contributed by atoms with Gasteiger partial charge < -0.3 is 20.3 Å². The molecule has 0 aliphatic carbocycles. The van der Waals surface area contributed by atoms with E-state index in [1.165, 1.54) is 0 Å². The van der Waals surface area contributed by atoms with Crippen LogP contribution in [0.15, 0.2) is 23.5 Å². The average molecular weight is 521 g/mol. The SMILES string of the molecule is CN=C(NCCCn1cccn1)NCCN1CCN(C(=O)OC(C)(C)C)CC1.I. The van der Waals surface area contributed by atoms with Gasteiger partial charge in [-0.1, -0.05) is 0 Å². The zero-order valence-electron chi connectivity index (χ0n) is 18.1. The van der Waals surface area contributed by atoms with Gasteiger partial charge in [0.15, 0.2) is 5.96 Å². The topological polar surface area (TPSA) is 87.0 Å². The molecule has 2 heterocycles. The number of nitrogens with zero attached hydrogens (tertiary/aromatic N) is 5. The summed E-state index contributed by atoms with van der Waals surface area (Å²) in [5.41, 5.74) is -0.445. The summed E-state index contributed by atoms with van der Waals surface area (Å²) in [7, 11) is 1.78. The third kappa shape index (κ3) is 10.2. The Morgan fingerprint density at radius 1 is 1.14 bits per heavy atom. The molecule has 1 amide bonds. The van der Waals surface area contributed by atoms with Crippen molar-refractivity contribution in [2.75, 3.05) is 52.9 Å². The molecule has 2 N–H and O–H groups in total. The van der Waals surface area contributed by atoms with Crippen LogP contribution in [0.5, 0.6) is 0 Å². The number of hydrogen-bond acceptors (Lipinski definition) is 5. The molecule has 1 aliphatic rings. The minimum atomic E-state index is -0.445. The summed E-state index contributed by atoms with van der Waals surface area (Å²) in [4.78, 5) is 20.5. The lowest BCUT2D eigenvalue weighted by molar-refractivity contribution is 0.0147. The molecule has 1 fully saturated rings. The quantitative estimate of drug-likeness (QED) is 0.246. The van der Waals surface area contributed by atoms with Gasteiger partial charge in [-0.3, -0.25) is 14.6 Å². The normalized spacial score (nSPS) is 15.6. The number of carbonyl (C=O) groups is 1. The van der Waals surface area contributed by atoms with E-state index in [-0.39, 0.29) is 30.1 Å². The highest BCUT2D eigenvalue weighted by Gasteiger charge is 2.25. The molecule has 29 heavy (non-hydrogen) atoms. The first-order chi connectivity index (χ1) is 13.4. The summed E-state index contributed by atoms with van der Waals surface area (Å²) in [6.45, 7) is 12.3. The van der Waals surface area contributed by atoms with Crippen molar-refractivity contribution in [3.63, 3.8) is 0 Å². The number of rotatable bonds is 7. The largest absolute Gasteiger partial charge is 0.444 e. The van der Waals surface area contributed by atoms with E-state index in [9.17, 15) is 4.79 Å². The molecule has 1 saturated heterocycles. The molecule has 0 aromatic carbocycles. The lowest BCUT2D eigenvalue weighted by Gasteiger charge is -2.35. The average Bonchev–Trinajstić information content (AvgIpc) is 3.16. The number of ether oxygens (including phenoxy) is 1. The van der Waals surface area contributed by atoms with E-state index in [0.29, 0.717) is 13.1 Å². The van der Waals surface area contributed by atoms with Gasteiger partial charge in [0.25, 0.3) is 0 Å². The number of nitrogens with one attached hydrogen (secondary N) is 2. The molecule has 0 saturated carbocycles. The Bertz CT molecular complexity index is 609. The minimum Gasteiger partial charge on any atom is -0.444 e. The van der Waals surface area contributed by atoms with Crippen molar-refractivity contribution in [3.05, 3.63) is 18.5 Å². The third-order valence-electron chi connectivity index (χ3n) is 4.38. The number of piperazine rings is 1. The molecular formula is C19H36IN7O2. The second kappa shape index (κ2) is 12.9. The van der Waals surface area contributed by atoms with Crippen LogP contribution in [0.4, 0.5) is 4.79 Å². The molecule has 0 radical (unpaired) electrons. The number of hydrogen-bond donors (Lipinski definition) is 2. The molecule has 1 aromatic heterocycles. The van der Waals surface area contributed by atoms with E-state index < -0.39 is 5.60 Å². The molecule has 1 aromatic rings. The summed E-state index contributed by atoms with van der Waals surface area (Å²) in [6.07, 6.45) is 4.52. The van der Waals surface area contributed by atoms with Crippen LogP contribution in [-0.2, 0) is 11.3 Å². The summed E-state index contributed by atoms with van der Waals surface area (Å²) in [6, 6.07) is 1.93. The van der Waals surface area contributed by atoms with E-state index in [1.807, 2.05) is 37.7 Å². The van der Waals surface area contributed by atoms with E-state index in [4.69, 9.17) is 4.74 Å². The molecule has 2 rings (SSSR count). The summed E-state index contributed by atoms with van der Waals surface area (Å²) in [5.74, 6) is 0.813. The second-order valence-corrected chi connectivity index (χ2v) is 7.86. The number of aromatic nitrogens is 2. The molecule has 0 spiro atoms. The van der Waals surface area contributed by atoms with Crippen molar-refractivity contribution in [1.29, 1.82) is 0 Å². The summed E-state index contributed by atoms with van der Waals surface area (Å²) in [5, 5.41) is 10.9. The summed E-state index contributed by atoms with van der Waals surface area (Å²) < 4.78 is 7.36. The van der Waals surface area contributed by atoms with Crippen molar-refractivity contribution in [3.8, 4) is 0 Å². The molecule has 0 unspecified atom stereocenters. The van der Waals surface area contributed by atoms with Crippen LogP contribution in [0.2, 0.25) is 0 Å². The van der Waals surface area contributed by atoms with Gasteiger partial charge in [0.2, 0.25) is 0 Å². The van der Waals surface area contributed by atoms with Crippen LogP contribution in [0, 0.1) is 0 Å². The van der Waals surface area contributed by atoms with E-state index in [1.54, 1.807) is 18.1 Å². The van der Waals surface area contributed by atoms with Gasteiger partial charge in [-0.15, -0.1) is 24.0 Å². The Hall–Kier alpha value is -1.56. The Labute approximate surface area is 191 Å². The fourth-order valence-corrected chi connectivity index (χ4v) is 2.91. The van der Waals surface area contributed by atoms with E-state index in [0.717, 1.165) is 51.6 Å². The molecular weight excluding hydrogens is 485 g/mol. The number of amides is 1. The van der Waals surface area contributed by atoms with Crippen LogP contribution in [0.3, 0.4) is 0 Å². The predicted molar refractivity (Wildman–Crippen MR) is 126 cm³/mol. The van der Waals surface area contributed by atoms with Gasteiger partial charge in [0.1, 0.15) is 5.60 Å². The van der Waals surface area contributed by atoms with Crippen molar-refractivity contribution >= 4 is 36.0 Å². The smallest absolute Gasteiger partial charge is 0.410 e. The Kier molecular flexibility index (Phi) is 11.3. The van der Waals surface area contributed by atoms with Gasteiger partial charge in [-0.2, -0.15) is 5.10 Å². The third-order valence-corrected chi connectivity index (χ3v) is 4.38. The maximum Gasteiger partial charge on any atom is 0.410 e. The fraction of sp³-hybridized carbons (Fsp3) is 0.737. The first-order valence-corrected chi connectivity index (χ1v) is 9.99. The van der Waals surface area contributed by atoms with Crippen molar-refractivity contribution in [2.24, 2.45) is 4.99 Å². The second-order valence-electron chi connectivity index (χ2n) is 7.86. The van der Waals surface area contributed by atoms with Crippen LogP contribution >= 0.6 is 24.0 Å². The van der Waals surface area contributed by atoms with Gasteiger partial charge in [0.05, 0.1) is 0 Å². The molecule has 9 nitrogen and oxygen atoms in total.